The number of hydrogen-bond donors (Lipinski definition) is 3. The van der Waals surface area contributed by atoms with Crippen LogP contribution in [0.25, 0.3) is 0 Å². The zero-order valence-electron chi connectivity index (χ0n) is 36.3. The van der Waals surface area contributed by atoms with Crippen LogP contribution in [-0.4, -0.2) is 41.9 Å². The van der Waals surface area contributed by atoms with Crippen LogP contribution in [0.4, 0.5) is 0 Å². The average Bonchev–Trinajstić information content (AvgIpc) is 3.15. The van der Waals surface area contributed by atoms with Crippen LogP contribution in [-0.2, 0) is 14.9 Å². The maximum Gasteiger partial charge on any atom is 0.266 e. The Balaban J connectivity index is 3.81. The Hall–Kier alpha value is -1.44. The highest BCUT2D eigenvalue weighted by Gasteiger charge is 2.26. The van der Waals surface area contributed by atoms with Crippen molar-refractivity contribution in [1.82, 2.24) is 5.32 Å². The van der Waals surface area contributed by atoms with Gasteiger partial charge in [-0.3, -0.25) is 9.35 Å². The van der Waals surface area contributed by atoms with Gasteiger partial charge in [-0.05, 0) is 51.4 Å². The van der Waals surface area contributed by atoms with E-state index in [2.05, 4.69) is 55.6 Å². The topological polar surface area (TPSA) is 104 Å². The molecule has 0 aromatic rings. The van der Waals surface area contributed by atoms with Crippen LogP contribution in [0.2, 0.25) is 0 Å². The van der Waals surface area contributed by atoms with E-state index in [0.29, 0.717) is 12.8 Å². The number of nitrogens with one attached hydrogen (secondary N) is 1. The van der Waals surface area contributed by atoms with Crippen molar-refractivity contribution in [2.45, 2.75) is 257 Å². The fraction of sp³-hybridized carbons (Fsp3) is 0.854. The number of amides is 1. The molecule has 0 spiro atoms. The summed E-state index contributed by atoms with van der Waals surface area (Å²) in [6.45, 7) is 4.53. The first-order valence-electron chi connectivity index (χ1n) is 23.7. The highest BCUT2D eigenvalue weighted by molar-refractivity contribution is 7.85. The predicted molar refractivity (Wildman–Crippen MR) is 239 cm³/mol. The molecule has 6 nitrogen and oxygen atoms in total. The largest absolute Gasteiger partial charge is 0.391 e. The van der Waals surface area contributed by atoms with Crippen molar-refractivity contribution in [2.24, 2.45) is 0 Å². The molecule has 0 aliphatic heterocycles. The quantitative estimate of drug-likeness (QED) is 0.0324. The molecule has 7 heteroatoms. The van der Waals surface area contributed by atoms with E-state index in [1.807, 2.05) is 0 Å². The third-order valence-electron chi connectivity index (χ3n) is 10.8. The third-order valence-corrected chi connectivity index (χ3v) is 11.6. The normalized spacial score (nSPS) is 13.5. The number of unbranched alkanes of at least 4 members (excludes halogenated alkanes) is 29. The number of carbonyl (C=O) groups is 1. The van der Waals surface area contributed by atoms with E-state index < -0.39 is 28.0 Å². The molecule has 0 aliphatic carbocycles. The van der Waals surface area contributed by atoms with Gasteiger partial charge in [0.25, 0.3) is 10.1 Å². The summed E-state index contributed by atoms with van der Waals surface area (Å²) in [5.74, 6) is -0.901. The summed E-state index contributed by atoms with van der Waals surface area (Å²) < 4.78 is 32.7. The first kappa shape index (κ1) is 53.6. The second kappa shape index (κ2) is 42.2. The van der Waals surface area contributed by atoms with Crippen LogP contribution in [0.15, 0.2) is 36.5 Å². The van der Waals surface area contributed by atoms with Gasteiger partial charge in [0, 0.05) is 6.42 Å². The molecule has 0 aromatic carbocycles. The lowest BCUT2D eigenvalue weighted by Gasteiger charge is -2.23. The van der Waals surface area contributed by atoms with E-state index in [1.165, 1.54) is 161 Å². The zero-order valence-corrected chi connectivity index (χ0v) is 37.1. The molecule has 2 atom stereocenters. The Morgan fingerprint density at radius 1 is 0.491 bits per heavy atom. The summed E-state index contributed by atoms with van der Waals surface area (Å²) >= 11 is 0. The molecule has 3 N–H and O–H groups in total. The summed E-state index contributed by atoms with van der Waals surface area (Å²) in [4.78, 5) is 12.6. The van der Waals surface area contributed by atoms with Crippen LogP contribution >= 0.6 is 0 Å². The van der Waals surface area contributed by atoms with Crippen molar-refractivity contribution >= 4 is 16.0 Å². The lowest BCUT2D eigenvalue weighted by Crippen LogP contribution is -2.47. The van der Waals surface area contributed by atoms with Gasteiger partial charge < -0.3 is 10.4 Å². The maximum atomic E-state index is 12.6. The van der Waals surface area contributed by atoms with E-state index in [9.17, 15) is 22.9 Å². The number of allylic oxidation sites excluding steroid dienone is 6. The average molecular weight is 794 g/mol. The molecular weight excluding hydrogens is 703 g/mol. The minimum absolute atomic E-state index is 0.251. The number of rotatable bonds is 43. The lowest BCUT2D eigenvalue weighted by molar-refractivity contribution is -0.122. The Bertz CT molecular complexity index is 1010. The van der Waals surface area contributed by atoms with Crippen LogP contribution in [0.3, 0.4) is 0 Å². The zero-order chi connectivity index (χ0) is 40.3. The predicted octanol–water partition coefficient (Wildman–Crippen LogP) is 14.5. The number of aliphatic hydroxyl groups is 1. The van der Waals surface area contributed by atoms with Crippen LogP contribution < -0.4 is 5.32 Å². The first-order valence-corrected chi connectivity index (χ1v) is 25.3. The summed E-state index contributed by atoms with van der Waals surface area (Å²) in [5, 5.41) is 13.4. The van der Waals surface area contributed by atoms with Gasteiger partial charge in [-0.2, -0.15) is 8.42 Å². The highest BCUT2D eigenvalue weighted by atomic mass is 32.2. The van der Waals surface area contributed by atoms with Gasteiger partial charge >= 0.3 is 0 Å². The molecule has 1 amide bonds. The molecule has 0 heterocycles. The minimum Gasteiger partial charge on any atom is -0.391 e. The van der Waals surface area contributed by atoms with Gasteiger partial charge in [-0.25, -0.2) is 0 Å². The smallest absolute Gasteiger partial charge is 0.266 e. The molecule has 0 aromatic heterocycles. The van der Waals surface area contributed by atoms with E-state index in [1.54, 1.807) is 0 Å². The fourth-order valence-corrected chi connectivity index (χ4v) is 8.05. The molecule has 0 aliphatic rings. The van der Waals surface area contributed by atoms with Gasteiger partial charge in [0.05, 0.1) is 17.9 Å². The summed E-state index contributed by atoms with van der Waals surface area (Å²) in [6, 6.07) is -0.975. The monoisotopic (exact) mass is 794 g/mol. The maximum absolute atomic E-state index is 12.6. The molecule has 0 saturated heterocycles. The van der Waals surface area contributed by atoms with Crippen LogP contribution in [0.5, 0.6) is 0 Å². The number of hydrogen-bond acceptors (Lipinski definition) is 4. The minimum atomic E-state index is -4.32. The Labute approximate surface area is 342 Å². The van der Waals surface area contributed by atoms with E-state index in [-0.39, 0.29) is 5.91 Å². The van der Waals surface area contributed by atoms with Crippen LogP contribution in [0.1, 0.15) is 245 Å². The SMILES string of the molecule is CCCCCCC/C=C\C/C=C\C/C=C\CCCCCCCCCCC(=O)NC(CS(=O)(=O)O)C(O)CCCCCCCCCCCCCCCCCCC. The van der Waals surface area contributed by atoms with Gasteiger partial charge in [0.2, 0.25) is 5.91 Å². The Kier molecular flexibility index (Phi) is 41.1. The molecule has 55 heavy (non-hydrogen) atoms. The van der Waals surface area contributed by atoms with Crippen molar-refractivity contribution in [3.8, 4) is 0 Å². The van der Waals surface area contributed by atoms with Gasteiger partial charge in [0.15, 0.2) is 0 Å². The molecule has 2 unspecified atom stereocenters. The molecule has 0 saturated carbocycles. The van der Waals surface area contributed by atoms with Crippen molar-refractivity contribution in [3.05, 3.63) is 36.5 Å². The third kappa shape index (κ3) is 43.5. The molecule has 0 fully saturated rings. The molecule has 0 bridgehead atoms. The number of aliphatic hydroxyl groups excluding tert-OH is 1. The van der Waals surface area contributed by atoms with E-state index >= 15 is 0 Å². The Morgan fingerprint density at radius 3 is 1.20 bits per heavy atom. The highest BCUT2D eigenvalue weighted by Crippen LogP contribution is 2.16. The standard InChI is InChI=1S/C48H91NO5S/c1-3-5-7-9-11-13-15-17-19-21-22-23-24-25-26-28-30-32-34-36-38-40-42-44-48(51)49-46(45-55(52,53)54)47(50)43-41-39-37-35-33-31-29-27-20-18-16-14-12-10-8-6-4-2/h15,17,21-22,24-25,46-47,50H,3-14,16,18-20,23,26-45H2,1-2H3,(H,49,51)(H,52,53,54)/b17-15-,22-21-,25-24-. The van der Waals surface area contributed by atoms with Crippen molar-refractivity contribution in [1.29, 1.82) is 0 Å². The summed E-state index contributed by atoms with van der Waals surface area (Å²) in [6.07, 6.45) is 55.3. The second-order valence-corrected chi connectivity index (χ2v) is 17.9. The lowest BCUT2D eigenvalue weighted by atomic mass is 10.0. The number of carbonyl (C=O) groups excluding carboxylic acids is 1. The summed E-state index contributed by atoms with van der Waals surface area (Å²) in [7, 11) is -4.32. The Morgan fingerprint density at radius 2 is 0.818 bits per heavy atom. The second-order valence-electron chi connectivity index (χ2n) is 16.4. The van der Waals surface area contributed by atoms with Gasteiger partial charge in [-0.1, -0.05) is 224 Å². The first-order chi connectivity index (χ1) is 26.8. The molecule has 324 valence electrons. The van der Waals surface area contributed by atoms with Gasteiger partial charge in [0.1, 0.15) is 0 Å². The molecule has 0 radical (unpaired) electrons. The van der Waals surface area contributed by atoms with E-state index in [0.717, 1.165) is 57.8 Å². The van der Waals surface area contributed by atoms with Crippen molar-refractivity contribution < 1.29 is 22.9 Å². The van der Waals surface area contributed by atoms with Gasteiger partial charge in [-0.15, -0.1) is 0 Å². The van der Waals surface area contributed by atoms with E-state index in [4.69, 9.17) is 0 Å². The van der Waals surface area contributed by atoms with Crippen molar-refractivity contribution in [3.63, 3.8) is 0 Å². The van der Waals surface area contributed by atoms with Crippen molar-refractivity contribution in [2.75, 3.05) is 5.75 Å². The molecular formula is C48H91NO5S. The molecule has 0 rings (SSSR count). The fourth-order valence-electron chi connectivity index (χ4n) is 7.29. The summed E-state index contributed by atoms with van der Waals surface area (Å²) in [5.41, 5.74) is 0. The van der Waals surface area contributed by atoms with Crippen LogP contribution in [0, 0.1) is 0 Å².